The molecule has 2 saturated heterocycles. The van der Waals surface area contributed by atoms with Crippen molar-refractivity contribution < 1.29 is 17.7 Å². The first-order valence-electron chi connectivity index (χ1n) is 12.0. The van der Waals surface area contributed by atoms with Crippen molar-refractivity contribution in [2.75, 3.05) is 45.8 Å². The van der Waals surface area contributed by atoms with Crippen LogP contribution in [-0.4, -0.2) is 79.4 Å². The first kappa shape index (κ1) is 24.6. The van der Waals surface area contributed by atoms with Crippen LogP contribution in [0.1, 0.15) is 42.3 Å². The summed E-state index contributed by atoms with van der Waals surface area (Å²) in [6.45, 7) is 10.5. The number of sulfonamides is 1. The lowest BCUT2D eigenvalue weighted by Gasteiger charge is -2.38. The van der Waals surface area contributed by atoms with Gasteiger partial charge in [-0.1, -0.05) is 48.0 Å². The molecule has 2 aliphatic heterocycles. The van der Waals surface area contributed by atoms with Gasteiger partial charge in [-0.25, -0.2) is 8.42 Å². The number of carbonyl (C=O) groups is 1. The van der Waals surface area contributed by atoms with Crippen molar-refractivity contribution >= 4 is 28.1 Å². The van der Waals surface area contributed by atoms with Crippen molar-refractivity contribution in [3.05, 3.63) is 46.8 Å². The minimum Gasteiger partial charge on any atom is -0.355 e. The summed E-state index contributed by atoms with van der Waals surface area (Å²) in [5.41, 5.74) is 2.42. The summed E-state index contributed by atoms with van der Waals surface area (Å²) in [5.74, 6) is -0.0391. The van der Waals surface area contributed by atoms with E-state index in [-0.39, 0.29) is 29.0 Å². The zero-order valence-corrected chi connectivity index (χ0v) is 21.1. The number of hydrogen-bond acceptors (Lipinski definition) is 6. The molecule has 1 aromatic heterocycles. The van der Waals surface area contributed by atoms with Crippen LogP contribution in [0.2, 0.25) is 0 Å². The van der Waals surface area contributed by atoms with Crippen molar-refractivity contribution in [2.24, 2.45) is 5.92 Å². The fourth-order valence-electron chi connectivity index (χ4n) is 4.68. The lowest BCUT2D eigenvalue weighted by atomic mass is 9.98. The predicted octanol–water partition coefficient (Wildman–Crippen LogP) is 3.03. The van der Waals surface area contributed by atoms with Crippen molar-refractivity contribution in [3.8, 4) is 0 Å². The number of amides is 1. The second kappa shape index (κ2) is 10.4. The lowest BCUT2D eigenvalue weighted by molar-refractivity contribution is -0.138. The Morgan fingerprint density at radius 2 is 1.79 bits per heavy atom. The first-order valence-corrected chi connectivity index (χ1v) is 13.5. The van der Waals surface area contributed by atoms with Gasteiger partial charge in [0.2, 0.25) is 15.9 Å². The molecular weight excluding hydrogens is 452 g/mol. The number of likely N-dealkylation sites (N-methyl/N-ethyl adjacent to an activating group) is 1. The second-order valence-corrected chi connectivity index (χ2v) is 11.0. The molecule has 3 heterocycles. The van der Waals surface area contributed by atoms with Gasteiger partial charge in [0.25, 0.3) is 0 Å². The van der Waals surface area contributed by atoms with Crippen LogP contribution in [0, 0.1) is 19.8 Å². The highest BCUT2D eigenvalue weighted by molar-refractivity contribution is 7.89. The number of piperidine rings is 1. The van der Waals surface area contributed by atoms with E-state index in [1.54, 1.807) is 13.0 Å². The van der Waals surface area contributed by atoms with Crippen LogP contribution in [0.5, 0.6) is 0 Å². The van der Waals surface area contributed by atoms with Crippen LogP contribution in [0.15, 0.2) is 33.7 Å². The van der Waals surface area contributed by atoms with Gasteiger partial charge in [-0.05, 0) is 44.9 Å². The molecule has 2 aliphatic rings. The fraction of sp³-hybridized carbons (Fsp3) is 0.520. The molecule has 0 bridgehead atoms. The molecule has 2 fully saturated rings. The zero-order chi connectivity index (χ0) is 24.3. The van der Waals surface area contributed by atoms with Crippen molar-refractivity contribution in [1.82, 2.24) is 19.3 Å². The molecule has 0 saturated carbocycles. The SMILES string of the molecule is CCN1CCN(C(=O)C2CCCN(S(=O)(=O)c3c(C)noc3C=Cc3ccc(C)cc3)C2)CC1. The van der Waals surface area contributed by atoms with Gasteiger partial charge in [-0.15, -0.1) is 0 Å². The molecule has 0 radical (unpaired) electrons. The molecule has 2 aromatic rings. The average molecular weight is 487 g/mol. The van der Waals surface area contributed by atoms with Gasteiger partial charge in [0.1, 0.15) is 5.69 Å². The van der Waals surface area contributed by atoms with E-state index in [0.29, 0.717) is 38.2 Å². The largest absolute Gasteiger partial charge is 0.355 e. The Labute approximate surface area is 202 Å². The number of benzene rings is 1. The van der Waals surface area contributed by atoms with Crippen LogP contribution in [-0.2, 0) is 14.8 Å². The van der Waals surface area contributed by atoms with Crippen LogP contribution >= 0.6 is 0 Å². The van der Waals surface area contributed by atoms with Crippen molar-refractivity contribution in [3.63, 3.8) is 0 Å². The number of nitrogens with zero attached hydrogens (tertiary/aromatic N) is 4. The second-order valence-electron chi connectivity index (χ2n) is 9.17. The number of carbonyl (C=O) groups excluding carboxylic acids is 1. The van der Waals surface area contributed by atoms with Crippen molar-refractivity contribution in [2.45, 2.75) is 38.5 Å². The maximum atomic E-state index is 13.6. The van der Waals surface area contributed by atoms with Crippen LogP contribution in [0.3, 0.4) is 0 Å². The Bertz CT molecular complexity index is 1130. The number of aryl methyl sites for hydroxylation is 2. The summed E-state index contributed by atoms with van der Waals surface area (Å²) in [5, 5.41) is 3.93. The van der Waals surface area contributed by atoms with E-state index in [0.717, 1.165) is 30.8 Å². The number of aromatic nitrogens is 1. The van der Waals surface area contributed by atoms with Gasteiger partial charge < -0.3 is 14.3 Å². The van der Waals surface area contributed by atoms with Gasteiger partial charge in [0.05, 0.1) is 5.92 Å². The molecule has 0 N–H and O–H groups in total. The highest BCUT2D eigenvalue weighted by Gasteiger charge is 2.38. The third-order valence-corrected chi connectivity index (χ3v) is 8.82. The van der Waals surface area contributed by atoms with E-state index in [2.05, 4.69) is 17.0 Å². The van der Waals surface area contributed by atoms with Crippen LogP contribution in [0.25, 0.3) is 12.2 Å². The number of rotatable bonds is 6. The quantitative estimate of drug-likeness (QED) is 0.624. The Morgan fingerprint density at radius 3 is 2.47 bits per heavy atom. The first-order chi connectivity index (χ1) is 16.3. The molecule has 34 heavy (non-hydrogen) atoms. The molecule has 1 amide bonds. The average Bonchev–Trinajstić information content (AvgIpc) is 3.24. The molecule has 0 spiro atoms. The fourth-order valence-corrected chi connectivity index (χ4v) is 6.46. The summed E-state index contributed by atoms with van der Waals surface area (Å²) in [6.07, 6.45) is 4.83. The highest BCUT2D eigenvalue weighted by Crippen LogP contribution is 2.30. The lowest BCUT2D eigenvalue weighted by Crippen LogP contribution is -2.52. The van der Waals surface area contributed by atoms with Gasteiger partial charge in [-0.3, -0.25) is 4.79 Å². The molecule has 9 heteroatoms. The third kappa shape index (κ3) is 5.26. The molecule has 8 nitrogen and oxygen atoms in total. The van der Waals surface area contributed by atoms with Gasteiger partial charge in [-0.2, -0.15) is 4.31 Å². The number of piperazine rings is 1. The summed E-state index contributed by atoms with van der Waals surface area (Å²) >= 11 is 0. The van der Waals surface area contributed by atoms with Crippen LogP contribution < -0.4 is 0 Å². The van der Waals surface area contributed by atoms with Crippen LogP contribution in [0.4, 0.5) is 0 Å². The van der Waals surface area contributed by atoms with Gasteiger partial charge in [0, 0.05) is 39.3 Å². The molecule has 1 unspecified atom stereocenters. The standard InChI is InChI=1S/C25H34N4O4S/c1-4-27-14-16-28(17-15-27)25(30)22-6-5-13-29(18-22)34(31,32)24-20(3)26-33-23(24)12-11-21-9-7-19(2)8-10-21/h7-12,22H,4-6,13-18H2,1-3H3. The Balaban J connectivity index is 1.50. The summed E-state index contributed by atoms with van der Waals surface area (Å²) in [7, 11) is -3.85. The Morgan fingerprint density at radius 1 is 1.09 bits per heavy atom. The monoisotopic (exact) mass is 486 g/mol. The van der Waals surface area contributed by atoms with E-state index in [4.69, 9.17) is 4.52 Å². The molecule has 184 valence electrons. The summed E-state index contributed by atoms with van der Waals surface area (Å²) in [4.78, 5) is 17.5. The minimum atomic E-state index is -3.85. The topological polar surface area (TPSA) is 87.0 Å². The Kier molecular flexibility index (Phi) is 7.54. The normalized spacial score (nSPS) is 20.8. The van der Waals surface area contributed by atoms with Crippen molar-refractivity contribution in [1.29, 1.82) is 0 Å². The minimum absolute atomic E-state index is 0.0668. The maximum absolute atomic E-state index is 13.6. The van der Waals surface area contributed by atoms with E-state index < -0.39 is 10.0 Å². The van der Waals surface area contributed by atoms with Gasteiger partial charge in [0.15, 0.2) is 10.7 Å². The molecule has 1 aromatic carbocycles. The third-order valence-electron chi connectivity index (χ3n) is 6.80. The predicted molar refractivity (Wildman–Crippen MR) is 132 cm³/mol. The van der Waals surface area contributed by atoms with Gasteiger partial charge >= 0.3 is 0 Å². The summed E-state index contributed by atoms with van der Waals surface area (Å²) < 4.78 is 34.1. The smallest absolute Gasteiger partial charge is 0.248 e. The van der Waals surface area contributed by atoms with E-state index in [9.17, 15) is 13.2 Å². The highest BCUT2D eigenvalue weighted by atomic mass is 32.2. The molecule has 0 aliphatic carbocycles. The zero-order valence-electron chi connectivity index (χ0n) is 20.2. The molecule has 4 rings (SSSR count). The molecular formula is C25H34N4O4S. The maximum Gasteiger partial charge on any atom is 0.248 e. The number of hydrogen-bond donors (Lipinski definition) is 0. The van der Waals surface area contributed by atoms with E-state index in [1.807, 2.05) is 42.2 Å². The molecule has 1 atom stereocenters. The van der Waals surface area contributed by atoms with E-state index in [1.165, 1.54) is 4.31 Å². The Hall–Kier alpha value is -2.49. The summed E-state index contributed by atoms with van der Waals surface area (Å²) in [6, 6.07) is 7.92. The van der Waals surface area contributed by atoms with E-state index >= 15 is 0 Å².